The maximum atomic E-state index is 12.9. The van der Waals surface area contributed by atoms with Crippen LogP contribution in [-0.2, 0) is 4.79 Å². The molecule has 1 unspecified atom stereocenters. The molecule has 0 aliphatic carbocycles. The first-order valence-electron chi connectivity index (χ1n) is 9.77. The number of thioether (sulfide) groups is 1. The van der Waals surface area contributed by atoms with E-state index in [1.165, 1.54) is 23.1 Å². The Hall–Kier alpha value is -2.61. The van der Waals surface area contributed by atoms with Crippen molar-refractivity contribution in [3.05, 3.63) is 74.9 Å². The number of halogens is 1. The van der Waals surface area contributed by atoms with Crippen molar-refractivity contribution in [1.29, 1.82) is 0 Å². The van der Waals surface area contributed by atoms with Gasteiger partial charge in [-0.15, -0.1) is 11.3 Å². The van der Waals surface area contributed by atoms with E-state index in [0.29, 0.717) is 32.5 Å². The Morgan fingerprint density at radius 3 is 2.77 bits per heavy atom. The molecule has 5 nitrogen and oxygen atoms in total. The number of nitrogens with zero attached hydrogens (tertiary/aromatic N) is 1. The molecule has 4 rings (SSSR count). The Labute approximate surface area is 192 Å². The van der Waals surface area contributed by atoms with Crippen molar-refractivity contribution >= 4 is 56.5 Å². The zero-order valence-electron chi connectivity index (χ0n) is 16.9. The van der Waals surface area contributed by atoms with Crippen LogP contribution in [0.3, 0.4) is 0 Å². The van der Waals surface area contributed by atoms with Crippen LogP contribution >= 0.6 is 34.7 Å². The van der Waals surface area contributed by atoms with Crippen LogP contribution in [0, 0.1) is 6.92 Å². The maximum absolute atomic E-state index is 12.9. The first-order valence-corrected chi connectivity index (χ1v) is 11.9. The number of carbonyl (C=O) groups is 1. The highest BCUT2D eigenvalue weighted by molar-refractivity contribution is 8.00. The minimum absolute atomic E-state index is 0.156. The van der Waals surface area contributed by atoms with E-state index in [9.17, 15) is 9.59 Å². The summed E-state index contributed by atoms with van der Waals surface area (Å²) in [5.41, 5.74) is 3.25. The fraction of sp³-hybridized carbons (Fsp3) is 0.174. The van der Waals surface area contributed by atoms with E-state index in [0.717, 1.165) is 16.7 Å². The lowest BCUT2D eigenvalue weighted by Crippen LogP contribution is -2.25. The van der Waals surface area contributed by atoms with Gasteiger partial charge in [-0.2, -0.15) is 0 Å². The monoisotopic (exact) mass is 469 g/mol. The largest absolute Gasteiger partial charge is 0.325 e. The van der Waals surface area contributed by atoms with Crippen LogP contribution in [-0.4, -0.2) is 21.1 Å². The number of carbonyl (C=O) groups excluding carboxylic acids is 1. The molecule has 0 saturated heterocycles. The molecule has 2 N–H and O–H groups in total. The molecule has 1 atom stereocenters. The molecule has 0 aliphatic rings. The molecule has 0 spiro atoms. The Bertz CT molecular complexity index is 1300. The minimum Gasteiger partial charge on any atom is -0.325 e. The Morgan fingerprint density at radius 2 is 2.03 bits per heavy atom. The molecule has 2 aromatic carbocycles. The molecule has 8 heteroatoms. The van der Waals surface area contributed by atoms with Crippen molar-refractivity contribution in [2.45, 2.75) is 30.7 Å². The number of aromatic amines is 1. The summed E-state index contributed by atoms with van der Waals surface area (Å²) in [5.74, 6) is -0.156. The van der Waals surface area contributed by atoms with E-state index < -0.39 is 5.25 Å². The van der Waals surface area contributed by atoms with Gasteiger partial charge in [0.2, 0.25) is 5.91 Å². The quantitative estimate of drug-likeness (QED) is 0.263. The van der Waals surface area contributed by atoms with E-state index in [4.69, 9.17) is 11.6 Å². The SMILES string of the molecule is CCC(Sc1nc2scc(-c3ccccc3)c2c(=O)[nH]1)C(=O)Nc1cc(Cl)ccc1C. The highest BCUT2D eigenvalue weighted by atomic mass is 35.5. The number of thiophene rings is 1. The van der Waals surface area contributed by atoms with Crippen LogP contribution in [0.15, 0.2) is 63.9 Å². The lowest BCUT2D eigenvalue weighted by atomic mass is 10.1. The standard InChI is InChI=1S/C23H20ClN3O2S2/c1-3-18(20(28)25-17-11-15(24)10-9-13(17)2)31-23-26-21(29)19-16(12-30-22(19)27-23)14-7-5-4-6-8-14/h4-12,18H,3H2,1-2H3,(H,25,28)(H,26,27,29). The number of nitrogens with one attached hydrogen (secondary N) is 2. The van der Waals surface area contributed by atoms with Gasteiger partial charge in [0.25, 0.3) is 5.56 Å². The smallest absolute Gasteiger partial charge is 0.260 e. The van der Waals surface area contributed by atoms with E-state index >= 15 is 0 Å². The van der Waals surface area contributed by atoms with Crippen molar-refractivity contribution in [1.82, 2.24) is 9.97 Å². The maximum Gasteiger partial charge on any atom is 0.260 e. The molecule has 0 fully saturated rings. The van der Waals surface area contributed by atoms with Crippen LogP contribution in [0.5, 0.6) is 0 Å². The van der Waals surface area contributed by atoms with Crippen LogP contribution in [0.25, 0.3) is 21.3 Å². The number of aryl methyl sites for hydroxylation is 1. The third-order valence-corrected chi connectivity index (χ3v) is 7.24. The number of hydrogen-bond donors (Lipinski definition) is 2. The zero-order valence-corrected chi connectivity index (χ0v) is 19.3. The Kier molecular flexibility index (Phi) is 6.46. The number of amides is 1. The molecule has 0 saturated carbocycles. The molecular formula is C23H20ClN3O2S2. The fourth-order valence-corrected chi connectivity index (χ4v) is 5.29. The molecule has 0 radical (unpaired) electrons. The van der Waals surface area contributed by atoms with Gasteiger partial charge in [-0.3, -0.25) is 9.59 Å². The third kappa shape index (κ3) is 4.69. The second-order valence-electron chi connectivity index (χ2n) is 7.03. The molecule has 1 amide bonds. The van der Waals surface area contributed by atoms with E-state index in [-0.39, 0.29) is 11.5 Å². The molecule has 158 valence electrons. The molecule has 0 aliphatic heterocycles. The van der Waals surface area contributed by atoms with Gasteiger partial charge in [0.1, 0.15) is 4.83 Å². The van der Waals surface area contributed by atoms with Crippen molar-refractivity contribution in [3.8, 4) is 11.1 Å². The normalized spacial score (nSPS) is 12.1. The molecule has 4 aromatic rings. The summed E-state index contributed by atoms with van der Waals surface area (Å²) in [6, 6.07) is 15.1. The minimum atomic E-state index is -0.410. The number of rotatable bonds is 6. The summed E-state index contributed by atoms with van der Waals surface area (Å²) in [6.07, 6.45) is 0.581. The molecule has 2 aromatic heterocycles. The first kappa shape index (κ1) is 21.6. The third-order valence-electron chi connectivity index (χ3n) is 4.88. The average molecular weight is 470 g/mol. The second kappa shape index (κ2) is 9.26. The van der Waals surface area contributed by atoms with Crippen LogP contribution in [0.4, 0.5) is 5.69 Å². The summed E-state index contributed by atoms with van der Waals surface area (Å²) in [6.45, 7) is 3.84. The number of benzene rings is 2. The van der Waals surface area contributed by atoms with Gasteiger partial charge in [0.15, 0.2) is 5.16 Å². The van der Waals surface area contributed by atoms with Crippen molar-refractivity contribution in [2.24, 2.45) is 0 Å². The summed E-state index contributed by atoms with van der Waals surface area (Å²) >= 11 is 8.74. The van der Waals surface area contributed by atoms with Crippen LogP contribution in [0.1, 0.15) is 18.9 Å². The van der Waals surface area contributed by atoms with Crippen LogP contribution in [0.2, 0.25) is 5.02 Å². The zero-order chi connectivity index (χ0) is 22.0. The number of aromatic nitrogens is 2. The van der Waals surface area contributed by atoms with Gasteiger partial charge in [0, 0.05) is 21.7 Å². The predicted octanol–water partition coefficient (Wildman–Crippen LogP) is 6.12. The van der Waals surface area contributed by atoms with E-state index in [2.05, 4.69) is 15.3 Å². The fourth-order valence-electron chi connectivity index (χ4n) is 3.21. The number of fused-ring (bicyclic) bond motifs is 1. The topological polar surface area (TPSA) is 74.8 Å². The van der Waals surface area contributed by atoms with Gasteiger partial charge in [-0.25, -0.2) is 4.98 Å². The number of hydrogen-bond acceptors (Lipinski definition) is 5. The van der Waals surface area contributed by atoms with Gasteiger partial charge < -0.3 is 10.3 Å². The van der Waals surface area contributed by atoms with Gasteiger partial charge in [-0.05, 0) is 36.6 Å². The van der Waals surface area contributed by atoms with Crippen LogP contribution < -0.4 is 10.9 Å². The number of anilines is 1. The number of H-pyrrole nitrogens is 1. The average Bonchev–Trinajstić information content (AvgIpc) is 3.20. The van der Waals surface area contributed by atoms with E-state index in [1.807, 2.05) is 55.6 Å². The summed E-state index contributed by atoms with van der Waals surface area (Å²) in [5, 5.41) is 6.05. The lowest BCUT2D eigenvalue weighted by molar-refractivity contribution is -0.115. The molecule has 2 heterocycles. The van der Waals surface area contributed by atoms with Gasteiger partial charge >= 0.3 is 0 Å². The summed E-state index contributed by atoms with van der Waals surface area (Å²) in [4.78, 5) is 33.8. The van der Waals surface area contributed by atoms with Gasteiger partial charge in [0.05, 0.1) is 10.6 Å². The predicted molar refractivity (Wildman–Crippen MR) is 130 cm³/mol. The van der Waals surface area contributed by atoms with Crippen molar-refractivity contribution < 1.29 is 4.79 Å². The van der Waals surface area contributed by atoms with Crippen molar-refractivity contribution in [2.75, 3.05) is 5.32 Å². The highest BCUT2D eigenvalue weighted by Crippen LogP contribution is 2.32. The Balaban J connectivity index is 1.59. The summed E-state index contributed by atoms with van der Waals surface area (Å²) < 4.78 is 0. The lowest BCUT2D eigenvalue weighted by Gasteiger charge is -2.15. The van der Waals surface area contributed by atoms with Gasteiger partial charge in [-0.1, -0.05) is 66.7 Å². The van der Waals surface area contributed by atoms with E-state index in [1.54, 1.807) is 12.1 Å². The Morgan fingerprint density at radius 1 is 1.26 bits per heavy atom. The second-order valence-corrected chi connectivity index (χ2v) is 9.52. The van der Waals surface area contributed by atoms with Crippen molar-refractivity contribution in [3.63, 3.8) is 0 Å². The molecule has 0 bridgehead atoms. The molecular weight excluding hydrogens is 450 g/mol. The molecule has 31 heavy (non-hydrogen) atoms. The first-order chi connectivity index (χ1) is 15.0. The highest BCUT2D eigenvalue weighted by Gasteiger charge is 2.21. The summed E-state index contributed by atoms with van der Waals surface area (Å²) in [7, 11) is 0.